The van der Waals surface area contributed by atoms with Gasteiger partial charge < -0.3 is 0 Å². The summed E-state index contributed by atoms with van der Waals surface area (Å²) in [5.41, 5.74) is 5.23. The molecule has 0 radical (unpaired) electrons. The average Bonchev–Trinajstić information content (AvgIpc) is 3.15. The maximum atomic E-state index is 5.66. The van der Waals surface area contributed by atoms with E-state index in [0.717, 1.165) is 5.52 Å². The largest absolute Gasteiger partial charge is 0.271 e. The first-order chi connectivity index (χ1) is 7.90. The summed E-state index contributed by atoms with van der Waals surface area (Å²) in [6.45, 7) is 0. The Kier molecular flexibility index (Phi) is 2.35. The zero-order chi connectivity index (χ0) is 11.0. The molecule has 0 saturated heterocycles. The second-order valence-corrected chi connectivity index (χ2v) is 4.40. The zero-order valence-electron chi connectivity index (χ0n) is 9.06. The molecule has 1 aromatic carbocycles. The molecule has 82 valence electrons. The topological polar surface area (TPSA) is 50.9 Å². The van der Waals surface area contributed by atoms with Crippen LogP contribution in [-0.4, -0.2) is 4.98 Å². The van der Waals surface area contributed by atoms with Gasteiger partial charge in [-0.05, 0) is 30.4 Å². The van der Waals surface area contributed by atoms with Gasteiger partial charge in [-0.1, -0.05) is 24.3 Å². The molecule has 1 atom stereocenters. The first-order valence-corrected chi connectivity index (χ1v) is 5.70. The van der Waals surface area contributed by atoms with Crippen molar-refractivity contribution in [1.82, 2.24) is 10.4 Å². The number of nitrogens with zero attached hydrogens (tertiary/aromatic N) is 1. The van der Waals surface area contributed by atoms with Crippen LogP contribution >= 0.6 is 0 Å². The second-order valence-electron chi connectivity index (χ2n) is 4.40. The lowest BCUT2D eigenvalue weighted by molar-refractivity contribution is 0.499. The SMILES string of the molecule is NNC(c1cccc2cccnc12)C1CC1. The first-order valence-electron chi connectivity index (χ1n) is 5.70. The van der Waals surface area contributed by atoms with Gasteiger partial charge in [0.05, 0.1) is 11.6 Å². The third kappa shape index (κ3) is 1.58. The summed E-state index contributed by atoms with van der Waals surface area (Å²) < 4.78 is 0. The van der Waals surface area contributed by atoms with E-state index in [2.05, 4.69) is 34.7 Å². The number of hydrogen-bond donors (Lipinski definition) is 2. The van der Waals surface area contributed by atoms with Gasteiger partial charge in [-0.2, -0.15) is 0 Å². The molecule has 3 N–H and O–H groups in total. The maximum Gasteiger partial charge on any atom is 0.0750 e. The molecule has 16 heavy (non-hydrogen) atoms. The maximum absolute atomic E-state index is 5.66. The van der Waals surface area contributed by atoms with E-state index in [4.69, 9.17) is 5.84 Å². The number of nitrogens with one attached hydrogen (secondary N) is 1. The molecule has 0 spiro atoms. The minimum absolute atomic E-state index is 0.249. The quantitative estimate of drug-likeness (QED) is 0.606. The third-order valence-electron chi connectivity index (χ3n) is 3.27. The second kappa shape index (κ2) is 3.85. The highest BCUT2D eigenvalue weighted by molar-refractivity contribution is 5.82. The monoisotopic (exact) mass is 213 g/mol. The third-order valence-corrected chi connectivity index (χ3v) is 3.27. The number of pyridine rings is 1. The highest BCUT2D eigenvalue weighted by Gasteiger charge is 2.32. The standard InChI is InChI=1S/C13H15N3/c14-16-13(10-6-7-10)11-5-1-3-9-4-2-8-15-12(9)11/h1-5,8,10,13,16H,6-7,14H2. The van der Waals surface area contributed by atoms with Crippen molar-refractivity contribution in [2.45, 2.75) is 18.9 Å². The summed E-state index contributed by atoms with van der Waals surface area (Å²) in [5.74, 6) is 6.34. The van der Waals surface area contributed by atoms with Gasteiger partial charge in [-0.25, -0.2) is 0 Å². The fourth-order valence-corrected chi connectivity index (χ4v) is 2.29. The van der Waals surface area contributed by atoms with Gasteiger partial charge in [-0.3, -0.25) is 16.3 Å². The highest BCUT2D eigenvalue weighted by Crippen LogP contribution is 2.41. The number of benzene rings is 1. The van der Waals surface area contributed by atoms with E-state index < -0.39 is 0 Å². The van der Waals surface area contributed by atoms with Crippen LogP contribution in [0.4, 0.5) is 0 Å². The zero-order valence-corrected chi connectivity index (χ0v) is 9.06. The Hall–Kier alpha value is -1.45. The van der Waals surface area contributed by atoms with E-state index in [0.29, 0.717) is 5.92 Å². The molecular weight excluding hydrogens is 198 g/mol. The molecule has 3 nitrogen and oxygen atoms in total. The summed E-state index contributed by atoms with van der Waals surface area (Å²) in [7, 11) is 0. The Balaban J connectivity index is 2.14. The molecule has 1 aromatic heterocycles. The van der Waals surface area contributed by atoms with Crippen LogP contribution in [0.2, 0.25) is 0 Å². The Morgan fingerprint density at radius 1 is 1.25 bits per heavy atom. The molecule has 0 amide bonds. The minimum atomic E-state index is 0.249. The van der Waals surface area contributed by atoms with E-state index in [1.165, 1.54) is 23.8 Å². The number of para-hydroxylation sites is 1. The molecular formula is C13H15N3. The predicted octanol–water partition coefficient (Wildman–Crippen LogP) is 2.15. The van der Waals surface area contributed by atoms with Crippen LogP contribution < -0.4 is 11.3 Å². The van der Waals surface area contributed by atoms with Crippen LogP contribution in [0, 0.1) is 5.92 Å². The summed E-state index contributed by atoms with van der Waals surface area (Å²) in [4.78, 5) is 4.46. The summed E-state index contributed by atoms with van der Waals surface area (Å²) >= 11 is 0. The molecule has 3 heteroatoms. The van der Waals surface area contributed by atoms with Crippen molar-refractivity contribution >= 4 is 10.9 Å². The summed E-state index contributed by atoms with van der Waals surface area (Å²) in [6.07, 6.45) is 4.36. The van der Waals surface area contributed by atoms with Gasteiger partial charge >= 0.3 is 0 Å². The lowest BCUT2D eigenvalue weighted by Gasteiger charge is -2.16. The Morgan fingerprint density at radius 3 is 2.81 bits per heavy atom. The molecule has 1 unspecified atom stereocenters. The van der Waals surface area contributed by atoms with Crippen LogP contribution in [0.1, 0.15) is 24.4 Å². The van der Waals surface area contributed by atoms with E-state index in [-0.39, 0.29) is 6.04 Å². The van der Waals surface area contributed by atoms with Crippen molar-refractivity contribution < 1.29 is 0 Å². The lowest BCUT2D eigenvalue weighted by atomic mass is 10.00. The van der Waals surface area contributed by atoms with Gasteiger partial charge in [0.2, 0.25) is 0 Å². The molecule has 1 aliphatic carbocycles. The van der Waals surface area contributed by atoms with Crippen molar-refractivity contribution in [2.75, 3.05) is 0 Å². The number of nitrogens with two attached hydrogens (primary N) is 1. The van der Waals surface area contributed by atoms with E-state index in [1.54, 1.807) is 0 Å². The van der Waals surface area contributed by atoms with E-state index >= 15 is 0 Å². The number of rotatable bonds is 3. The molecule has 1 fully saturated rings. The van der Waals surface area contributed by atoms with Crippen molar-refractivity contribution in [3.8, 4) is 0 Å². The molecule has 1 aliphatic rings. The molecule has 3 rings (SSSR count). The number of hydrazine groups is 1. The van der Waals surface area contributed by atoms with Crippen LogP contribution in [0.5, 0.6) is 0 Å². The van der Waals surface area contributed by atoms with Crippen LogP contribution in [0.25, 0.3) is 10.9 Å². The van der Waals surface area contributed by atoms with Crippen LogP contribution in [-0.2, 0) is 0 Å². The smallest absolute Gasteiger partial charge is 0.0750 e. The number of fused-ring (bicyclic) bond motifs is 1. The molecule has 1 saturated carbocycles. The van der Waals surface area contributed by atoms with Gasteiger partial charge in [0.15, 0.2) is 0 Å². The van der Waals surface area contributed by atoms with Crippen molar-refractivity contribution in [2.24, 2.45) is 11.8 Å². The predicted molar refractivity (Wildman–Crippen MR) is 64.5 cm³/mol. The fraction of sp³-hybridized carbons (Fsp3) is 0.308. The Labute approximate surface area is 94.6 Å². The fourth-order valence-electron chi connectivity index (χ4n) is 2.29. The number of hydrogen-bond acceptors (Lipinski definition) is 3. The van der Waals surface area contributed by atoms with Crippen molar-refractivity contribution in [1.29, 1.82) is 0 Å². The highest BCUT2D eigenvalue weighted by atomic mass is 15.2. The molecule has 0 bridgehead atoms. The minimum Gasteiger partial charge on any atom is -0.271 e. The molecule has 1 heterocycles. The van der Waals surface area contributed by atoms with Crippen molar-refractivity contribution in [3.63, 3.8) is 0 Å². The lowest BCUT2D eigenvalue weighted by Crippen LogP contribution is -2.29. The van der Waals surface area contributed by atoms with Gasteiger partial charge in [0.1, 0.15) is 0 Å². The molecule has 2 aromatic rings. The summed E-state index contributed by atoms with van der Waals surface area (Å²) in [5, 5.41) is 1.18. The van der Waals surface area contributed by atoms with E-state index in [1.807, 2.05) is 12.3 Å². The van der Waals surface area contributed by atoms with Crippen LogP contribution in [0.3, 0.4) is 0 Å². The normalized spacial score (nSPS) is 17.6. The Bertz CT molecular complexity index is 500. The molecule has 0 aliphatic heterocycles. The number of aromatic nitrogens is 1. The summed E-state index contributed by atoms with van der Waals surface area (Å²) in [6, 6.07) is 10.6. The van der Waals surface area contributed by atoms with Crippen LogP contribution in [0.15, 0.2) is 36.5 Å². The van der Waals surface area contributed by atoms with Crippen molar-refractivity contribution in [3.05, 3.63) is 42.1 Å². The van der Waals surface area contributed by atoms with Gasteiger partial charge in [0, 0.05) is 11.6 Å². The van der Waals surface area contributed by atoms with E-state index in [9.17, 15) is 0 Å². The Morgan fingerprint density at radius 2 is 2.06 bits per heavy atom. The van der Waals surface area contributed by atoms with Gasteiger partial charge in [0.25, 0.3) is 0 Å². The first kappa shape index (κ1) is 9.75. The average molecular weight is 213 g/mol. The van der Waals surface area contributed by atoms with Gasteiger partial charge in [-0.15, -0.1) is 0 Å².